The molecule has 4 rings (SSSR count). The van der Waals surface area contributed by atoms with Gasteiger partial charge in [-0.2, -0.15) is 0 Å². The van der Waals surface area contributed by atoms with Crippen LogP contribution in [-0.2, 0) is 17.6 Å². The molecule has 0 atom stereocenters. The summed E-state index contributed by atoms with van der Waals surface area (Å²) in [5, 5.41) is 6.04. The van der Waals surface area contributed by atoms with Crippen LogP contribution in [0.15, 0.2) is 42.5 Å². The van der Waals surface area contributed by atoms with Crippen molar-refractivity contribution in [3.05, 3.63) is 59.4 Å². The molecular formula is C25H30N4O2. The number of fused-ring (bicyclic) bond motifs is 1. The second kappa shape index (κ2) is 9.33. The summed E-state index contributed by atoms with van der Waals surface area (Å²) >= 11 is 0. The van der Waals surface area contributed by atoms with E-state index >= 15 is 0 Å². The molecule has 6 heteroatoms. The maximum absolute atomic E-state index is 12.5. The van der Waals surface area contributed by atoms with E-state index in [2.05, 4.69) is 20.6 Å². The summed E-state index contributed by atoms with van der Waals surface area (Å²) in [6.07, 6.45) is 6.16. The Labute approximate surface area is 182 Å². The molecule has 0 spiro atoms. The van der Waals surface area contributed by atoms with Crippen LogP contribution in [-0.4, -0.2) is 27.8 Å². The highest BCUT2D eigenvalue weighted by Crippen LogP contribution is 2.20. The van der Waals surface area contributed by atoms with Gasteiger partial charge in [-0.1, -0.05) is 38.8 Å². The molecule has 3 aromatic rings. The lowest BCUT2D eigenvalue weighted by atomic mass is 10.1. The van der Waals surface area contributed by atoms with Gasteiger partial charge in [0.15, 0.2) is 0 Å². The molecular weight excluding hydrogens is 388 g/mol. The predicted octanol–water partition coefficient (Wildman–Crippen LogP) is 4.62. The maximum Gasteiger partial charge on any atom is 0.251 e. The molecule has 0 unspecified atom stereocenters. The monoisotopic (exact) mass is 418 g/mol. The second-order valence-electron chi connectivity index (χ2n) is 8.71. The lowest BCUT2D eigenvalue weighted by Gasteiger charge is -2.11. The third kappa shape index (κ3) is 5.32. The highest BCUT2D eigenvalue weighted by Gasteiger charge is 2.18. The first kappa shape index (κ1) is 21.1. The summed E-state index contributed by atoms with van der Waals surface area (Å²) in [6, 6.07) is 13.9. The van der Waals surface area contributed by atoms with Gasteiger partial charge in [-0.15, -0.1) is 0 Å². The van der Waals surface area contributed by atoms with Crippen LogP contribution in [0.25, 0.3) is 11.0 Å². The average molecular weight is 419 g/mol. The van der Waals surface area contributed by atoms with Gasteiger partial charge in [0, 0.05) is 29.6 Å². The van der Waals surface area contributed by atoms with Crippen molar-refractivity contribution in [2.45, 2.75) is 58.4 Å². The smallest absolute Gasteiger partial charge is 0.251 e. The summed E-state index contributed by atoms with van der Waals surface area (Å²) in [6.45, 7) is 3.75. The number of rotatable bonds is 7. The molecule has 0 saturated heterocycles. The van der Waals surface area contributed by atoms with Crippen LogP contribution in [0.4, 0.5) is 5.69 Å². The van der Waals surface area contributed by atoms with Gasteiger partial charge in [0.2, 0.25) is 5.91 Å². The van der Waals surface area contributed by atoms with E-state index in [4.69, 9.17) is 0 Å². The van der Waals surface area contributed by atoms with Crippen molar-refractivity contribution in [1.82, 2.24) is 15.3 Å². The van der Waals surface area contributed by atoms with E-state index in [1.54, 1.807) is 0 Å². The fourth-order valence-corrected chi connectivity index (χ4v) is 3.97. The van der Waals surface area contributed by atoms with Crippen molar-refractivity contribution in [1.29, 1.82) is 0 Å². The van der Waals surface area contributed by atoms with Crippen LogP contribution in [0, 0.1) is 5.92 Å². The standard InChI is InChI=1S/C25H30N4O2/c1-16(2)24(30)26-20-11-7-17(8-12-20)9-14-23-28-21-13-10-18(15-22(21)29-23)25(31)27-19-5-3-4-6-19/h7-8,10-13,15-16,19H,3-6,9,14H2,1-2H3,(H,26,30)(H,27,31)(H,28,29). The molecule has 1 aromatic heterocycles. The zero-order valence-corrected chi connectivity index (χ0v) is 18.2. The zero-order valence-electron chi connectivity index (χ0n) is 18.2. The van der Waals surface area contributed by atoms with Gasteiger partial charge < -0.3 is 15.6 Å². The number of hydrogen-bond donors (Lipinski definition) is 3. The van der Waals surface area contributed by atoms with Crippen LogP contribution in [0.3, 0.4) is 0 Å². The van der Waals surface area contributed by atoms with Gasteiger partial charge in [0.05, 0.1) is 11.0 Å². The molecule has 31 heavy (non-hydrogen) atoms. The SMILES string of the molecule is CC(C)C(=O)Nc1ccc(CCc2nc3ccc(C(=O)NC4CCCC4)cc3[nH]2)cc1. The summed E-state index contributed by atoms with van der Waals surface area (Å²) in [5.74, 6) is 0.878. The number of benzene rings is 2. The Kier molecular flexibility index (Phi) is 6.35. The van der Waals surface area contributed by atoms with Crippen molar-refractivity contribution < 1.29 is 9.59 Å². The van der Waals surface area contributed by atoms with Crippen LogP contribution in [0.5, 0.6) is 0 Å². The number of nitrogens with one attached hydrogen (secondary N) is 3. The molecule has 1 saturated carbocycles. The quantitative estimate of drug-likeness (QED) is 0.523. The molecule has 1 heterocycles. The topological polar surface area (TPSA) is 86.9 Å². The first-order chi connectivity index (χ1) is 15.0. The van der Waals surface area contributed by atoms with Crippen molar-refractivity contribution in [2.24, 2.45) is 5.92 Å². The third-order valence-corrected chi connectivity index (χ3v) is 5.88. The minimum Gasteiger partial charge on any atom is -0.349 e. The van der Waals surface area contributed by atoms with Crippen LogP contribution < -0.4 is 10.6 Å². The molecule has 0 aliphatic heterocycles. The van der Waals surface area contributed by atoms with Crippen LogP contribution in [0.2, 0.25) is 0 Å². The molecule has 162 valence electrons. The first-order valence-electron chi connectivity index (χ1n) is 11.2. The third-order valence-electron chi connectivity index (χ3n) is 5.88. The minimum absolute atomic E-state index is 0.00500. The summed E-state index contributed by atoms with van der Waals surface area (Å²) in [5.41, 5.74) is 4.43. The predicted molar refractivity (Wildman–Crippen MR) is 123 cm³/mol. The van der Waals surface area contributed by atoms with E-state index in [-0.39, 0.29) is 17.7 Å². The lowest BCUT2D eigenvalue weighted by Crippen LogP contribution is -2.32. The molecule has 1 aliphatic carbocycles. The van der Waals surface area contributed by atoms with E-state index in [0.29, 0.717) is 11.6 Å². The lowest BCUT2D eigenvalue weighted by molar-refractivity contribution is -0.118. The number of H-pyrrole nitrogens is 1. The number of carbonyl (C=O) groups excluding carboxylic acids is 2. The number of aromatic amines is 1. The normalized spacial score (nSPS) is 14.3. The number of imidazole rings is 1. The van der Waals surface area contributed by atoms with Crippen LogP contribution in [0.1, 0.15) is 61.3 Å². The fraction of sp³-hybridized carbons (Fsp3) is 0.400. The molecule has 3 N–H and O–H groups in total. The van der Waals surface area contributed by atoms with Crippen molar-refractivity contribution >= 4 is 28.5 Å². The number of nitrogens with zero attached hydrogens (tertiary/aromatic N) is 1. The summed E-state index contributed by atoms with van der Waals surface area (Å²) in [7, 11) is 0. The van der Waals surface area contributed by atoms with Crippen molar-refractivity contribution in [2.75, 3.05) is 5.32 Å². The molecule has 6 nitrogen and oxygen atoms in total. The van der Waals surface area contributed by atoms with Gasteiger partial charge in [0.1, 0.15) is 5.82 Å². The molecule has 1 aliphatic rings. The largest absolute Gasteiger partial charge is 0.349 e. The van der Waals surface area contributed by atoms with E-state index < -0.39 is 0 Å². The molecule has 1 fully saturated rings. The Morgan fingerprint density at radius 3 is 2.52 bits per heavy atom. The number of amides is 2. The Hall–Kier alpha value is -3.15. The van der Waals surface area contributed by atoms with Gasteiger partial charge in [-0.05, 0) is 55.2 Å². The summed E-state index contributed by atoms with van der Waals surface area (Å²) < 4.78 is 0. The number of hydrogen-bond acceptors (Lipinski definition) is 3. The van der Waals surface area contributed by atoms with E-state index in [1.165, 1.54) is 18.4 Å². The molecule has 0 radical (unpaired) electrons. The Bertz CT molecular complexity index is 1060. The fourth-order valence-electron chi connectivity index (χ4n) is 3.97. The molecule has 2 amide bonds. The van der Waals surface area contributed by atoms with Gasteiger partial charge in [0.25, 0.3) is 5.91 Å². The highest BCUT2D eigenvalue weighted by molar-refractivity contribution is 5.97. The Morgan fingerprint density at radius 2 is 1.81 bits per heavy atom. The van der Waals surface area contributed by atoms with Crippen molar-refractivity contribution in [3.63, 3.8) is 0 Å². The minimum atomic E-state index is -0.0398. The number of carbonyl (C=O) groups is 2. The average Bonchev–Trinajstić information content (AvgIpc) is 3.41. The van der Waals surface area contributed by atoms with Gasteiger partial charge in [-0.3, -0.25) is 9.59 Å². The molecule has 2 aromatic carbocycles. The Morgan fingerprint density at radius 1 is 1.06 bits per heavy atom. The van der Waals surface area contributed by atoms with E-state index in [1.807, 2.05) is 56.3 Å². The zero-order chi connectivity index (χ0) is 21.8. The first-order valence-corrected chi connectivity index (χ1v) is 11.2. The van der Waals surface area contributed by atoms with E-state index in [0.717, 1.165) is 48.2 Å². The molecule has 0 bridgehead atoms. The van der Waals surface area contributed by atoms with Gasteiger partial charge in [-0.25, -0.2) is 4.98 Å². The second-order valence-corrected chi connectivity index (χ2v) is 8.71. The highest BCUT2D eigenvalue weighted by atomic mass is 16.2. The van der Waals surface area contributed by atoms with E-state index in [9.17, 15) is 9.59 Å². The van der Waals surface area contributed by atoms with Crippen LogP contribution >= 0.6 is 0 Å². The Balaban J connectivity index is 1.36. The van der Waals surface area contributed by atoms with Crippen molar-refractivity contribution in [3.8, 4) is 0 Å². The summed E-state index contributed by atoms with van der Waals surface area (Å²) in [4.78, 5) is 32.3. The number of anilines is 1. The number of aryl methyl sites for hydroxylation is 2. The maximum atomic E-state index is 12.5. The number of aromatic nitrogens is 2. The van der Waals surface area contributed by atoms with Gasteiger partial charge >= 0.3 is 0 Å².